The summed E-state index contributed by atoms with van der Waals surface area (Å²) in [7, 11) is 0. The number of allylic oxidation sites excluding steroid dienone is 3. The second-order valence-electron chi connectivity index (χ2n) is 5.12. The topological polar surface area (TPSA) is 23.1 Å². The Labute approximate surface area is 130 Å². The molecular weight excluding hydrogens is 239 g/mol. The molecule has 0 saturated carbocycles. The smallest absolute Gasteiger partial charge is 0.872 e. The number of hydrogen-bond acceptors (Lipinski definition) is 1. The van der Waals surface area contributed by atoms with Crippen LogP contribution in [0.15, 0.2) is 60.2 Å². The molecule has 2 heteroatoms. The summed E-state index contributed by atoms with van der Waals surface area (Å²) in [5.74, 6) is 0.207. The standard InChI is InChI=1S/C18H14O.Li/c19-18-15-8-4-2-6-13(15)11-17(18)16-10-9-12-5-1-3-7-14(12)16;/h1-8,10,19H,9,11H2;/q;+1/p-1. The zero-order valence-corrected chi connectivity index (χ0v) is 11.5. The second kappa shape index (κ2) is 5.02. The van der Waals surface area contributed by atoms with Crippen LogP contribution in [0.5, 0.6) is 0 Å². The summed E-state index contributed by atoms with van der Waals surface area (Å²) < 4.78 is 0. The fourth-order valence-corrected chi connectivity index (χ4v) is 3.12. The first-order valence-electron chi connectivity index (χ1n) is 6.62. The Balaban J connectivity index is 0.00000121. The Hall–Kier alpha value is -1.68. The van der Waals surface area contributed by atoms with Crippen molar-refractivity contribution >= 4 is 11.3 Å². The first-order chi connectivity index (χ1) is 9.34. The fourth-order valence-electron chi connectivity index (χ4n) is 3.12. The number of benzene rings is 2. The van der Waals surface area contributed by atoms with E-state index in [9.17, 15) is 5.11 Å². The van der Waals surface area contributed by atoms with Crippen molar-refractivity contribution in [1.29, 1.82) is 0 Å². The fraction of sp³-hybridized carbons (Fsp3) is 0.111. The molecule has 0 aliphatic heterocycles. The predicted molar refractivity (Wildman–Crippen MR) is 75.2 cm³/mol. The van der Waals surface area contributed by atoms with Gasteiger partial charge in [-0.15, -0.1) is 0 Å². The molecule has 0 heterocycles. The molecule has 4 rings (SSSR count). The van der Waals surface area contributed by atoms with E-state index in [2.05, 4.69) is 30.3 Å². The molecule has 2 aromatic carbocycles. The summed E-state index contributed by atoms with van der Waals surface area (Å²) in [5.41, 5.74) is 6.71. The van der Waals surface area contributed by atoms with Gasteiger partial charge in [0.25, 0.3) is 0 Å². The molecule has 0 saturated heterocycles. The maximum Gasteiger partial charge on any atom is 1.00 e. The normalized spacial score (nSPS) is 15.5. The van der Waals surface area contributed by atoms with Crippen molar-refractivity contribution in [2.75, 3.05) is 0 Å². The molecule has 20 heavy (non-hydrogen) atoms. The first kappa shape index (κ1) is 13.3. The molecule has 0 bridgehead atoms. The zero-order chi connectivity index (χ0) is 12.8. The molecule has 0 amide bonds. The predicted octanol–water partition coefficient (Wildman–Crippen LogP) is -0.0422. The summed E-state index contributed by atoms with van der Waals surface area (Å²) in [6.07, 6.45) is 3.91. The molecule has 0 spiro atoms. The van der Waals surface area contributed by atoms with Crippen molar-refractivity contribution in [1.82, 2.24) is 0 Å². The molecule has 0 unspecified atom stereocenters. The second-order valence-corrected chi connectivity index (χ2v) is 5.12. The van der Waals surface area contributed by atoms with Crippen molar-refractivity contribution in [3.05, 3.63) is 82.4 Å². The van der Waals surface area contributed by atoms with Crippen LogP contribution in [-0.2, 0) is 12.8 Å². The van der Waals surface area contributed by atoms with E-state index in [1.807, 2.05) is 24.3 Å². The van der Waals surface area contributed by atoms with Gasteiger partial charge >= 0.3 is 18.9 Å². The summed E-state index contributed by atoms with van der Waals surface area (Å²) in [6, 6.07) is 16.3. The Morgan fingerprint density at radius 2 is 1.45 bits per heavy atom. The van der Waals surface area contributed by atoms with Crippen molar-refractivity contribution in [2.24, 2.45) is 0 Å². The van der Waals surface area contributed by atoms with Gasteiger partial charge in [0.1, 0.15) is 0 Å². The van der Waals surface area contributed by atoms with Gasteiger partial charge < -0.3 is 5.11 Å². The third-order valence-electron chi connectivity index (χ3n) is 4.06. The van der Waals surface area contributed by atoms with E-state index in [0.29, 0.717) is 0 Å². The van der Waals surface area contributed by atoms with Gasteiger partial charge in [-0.1, -0.05) is 60.4 Å². The summed E-state index contributed by atoms with van der Waals surface area (Å²) in [5, 5.41) is 12.5. The van der Waals surface area contributed by atoms with E-state index in [-0.39, 0.29) is 24.6 Å². The van der Waals surface area contributed by atoms with Crippen molar-refractivity contribution < 1.29 is 24.0 Å². The van der Waals surface area contributed by atoms with Crippen LogP contribution in [0.4, 0.5) is 0 Å². The number of hydrogen-bond donors (Lipinski definition) is 0. The van der Waals surface area contributed by atoms with Gasteiger partial charge in [0.2, 0.25) is 0 Å². The van der Waals surface area contributed by atoms with Crippen molar-refractivity contribution in [3.8, 4) is 0 Å². The van der Waals surface area contributed by atoms with Crippen LogP contribution < -0.4 is 24.0 Å². The van der Waals surface area contributed by atoms with Crippen LogP contribution in [0, 0.1) is 0 Å². The number of fused-ring (bicyclic) bond motifs is 2. The number of rotatable bonds is 1. The Bertz CT molecular complexity index is 741. The van der Waals surface area contributed by atoms with Gasteiger partial charge in [-0.3, -0.25) is 0 Å². The van der Waals surface area contributed by atoms with E-state index in [4.69, 9.17) is 0 Å². The average Bonchev–Trinajstić information content (AvgIpc) is 3.01. The maximum absolute atomic E-state index is 12.5. The Morgan fingerprint density at radius 3 is 2.20 bits per heavy atom. The summed E-state index contributed by atoms with van der Waals surface area (Å²) >= 11 is 0. The van der Waals surface area contributed by atoms with Crippen molar-refractivity contribution in [3.63, 3.8) is 0 Å². The maximum atomic E-state index is 12.5. The van der Waals surface area contributed by atoms with Crippen LogP contribution in [0.1, 0.15) is 22.3 Å². The summed E-state index contributed by atoms with van der Waals surface area (Å²) in [6.45, 7) is 0. The SMILES string of the molecule is [Li+].[O-]C1=C(C2=CCc3ccccc32)Cc2ccccc21. The molecule has 1 nitrogen and oxygen atoms in total. The molecule has 0 atom stereocenters. The molecule has 0 radical (unpaired) electrons. The molecule has 0 aromatic heterocycles. The quantitative estimate of drug-likeness (QED) is 0.653. The van der Waals surface area contributed by atoms with Gasteiger partial charge in [0, 0.05) is 0 Å². The Morgan fingerprint density at radius 1 is 0.800 bits per heavy atom. The molecular formula is C18H13LiO. The molecule has 92 valence electrons. The van der Waals surface area contributed by atoms with Crippen LogP contribution >= 0.6 is 0 Å². The van der Waals surface area contributed by atoms with Gasteiger partial charge in [-0.2, -0.15) is 0 Å². The van der Waals surface area contributed by atoms with Crippen LogP contribution in [0.2, 0.25) is 0 Å². The molecule has 0 fully saturated rings. The third kappa shape index (κ3) is 1.86. The Kier molecular flexibility index (Phi) is 3.34. The van der Waals surface area contributed by atoms with Crippen LogP contribution in [0.3, 0.4) is 0 Å². The van der Waals surface area contributed by atoms with Gasteiger partial charge in [-0.25, -0.2) is 0 Å². The van der Waals surface area contributed by atoms with E-state index in [1.165, 1.54) is 11.1 Å². The van der Waals surface area contributed by atoms with E-state index >= 15 is 0 Å². The van der Waals surface area contributed by atoms with Crippen LogP contribution in [0.25, 0.3) is 11.3 Å². The van der Waals surface area contributed by atoms with E-state index in [1.54, 1.807) is 0 Å². The minimum atomic E-state index is 0. The molecule has 2 aliphatic rings. The third-order valence-corrected chi connectivity index (χ3v) is 4.06. The zero-order valence-electron chi connectivity index (χ0n) is 11.5. The van der Waals surface area contributed by atoms with Gasteiger partial charge in [0.15, 0.2) is 0 Å². The summed E-state index contributed by atoms with van der Waals surface area (Å²) in [4.78, 5) is 0. The average molecular weight is 252 g/mol. The monoisotopic (exact) mass is 252 g/mol. The van der Waals surface area contributed by atoms with E-state index < -0.39 is 0 Å². The minimum absolute atomic E-state index is 0. The first-order valence-corrected chi connectivity index (χ1v) is 6.62. The van der Waals surface area contributed by atoms with Crippen molar-refractivity contribution in [2.45, 2.75) is 12.8 Å². The molecule has 0 N–H and O–H groups in total. The van der Waals surface area contributed by atoms with Crippen LogP contribution in [-0.4, -0.2) is 0 Å². The minimum Gasteiger partial charge on any atom is -0.872 e. The van der Waals surface area contributed by atoms with Gasteiger partial charge in [-0.05, 0) is 46.2 Å². The van der Waals surface area contributed by atoms with E-state index in [0.717, 1.165) is 35.1 Å². The van der Waals surface area contributed by atoms with Gasteiger partial charge in [0.05, 0.1) is 0 Å². The largest absolute Gasteiger partial charge is 1.00 e. The molecule has 2 aliphatic carbocycles. The molecule has 2 aromatic rings.